The van der Waals surface area contributed by atoms with Gasteiger partial charge < -0.3 is 20.3 Å². The number of hydrogen-bond acceptors (Lipinski definition) is 6. The molecule has 3 N–H and O–H groups in total. The number of carboxylic acid groups (broad SMARTS) is 1. The molecule has 0 radical (unpaired) electrons. The third-order valence-electron chi connectivity index (χ3n) is 4.44. The van der Waals surface area contributed by atoms with Crippen LogP contribution in [-0.2, 0) is 29.2 Å². The minimum absolute atomic E-state index is 0.000213. The molecule has 0 unspecified atom stereocenters. The van der Waals surface area contributed by atoms with E-state index in [4.69, 9.17) is 5.11 Å². The summed E-state index contributed by atoms with van der Waals surface area (Å²) in [4.78, 5) is 35.5. The van der Waals surface area contributed by atoms with Crippen molar-refractivity contribution in [3.05, 3.63) is 65.5 Å². The van der Waals surface area contributed by atoms with Gasteiger partial charge in [-0.1, -0.05) is 23.9 Å². The molecule has 1 aromatic heterocycles. The molecule has 0 saturated carbocycles. The van der Waals surface area contributed by atoms with Gasteiger partial charge in [0.1, 0.15) is 5.82 Å². The number of nitrogens with zero attached hydrogens (tertiary/aromatic N) is 3. The standard InChI is InChI=1S/C21H18F3N5O4S/c1-29-16(10-17(30)25-15-7-3-5-13(9-15)21(22,23)24)27-28-20(29)34-11-18(31)26-14-6-2-4-12(8-14)19(32)33/h2-9H,10-11H2,1H3,(H,25,30)(H,26,31)(H,32,33). The number of benzene rings is 2. The maximum absolute atomic E-state index is 12.8. The van der Waals surface area contributed by atoms with Crippen LogP contribution in [0.3, 0.4) is 0 Å². The number of rotatable bonds is 8. The average molecular weight is 493 g/mol. The predicted molar refractivity (Wildman–Crippen MR) is 118 cm³/mol. The minimum Gasteiger partial charge on any atom is -0.478 e. The molecule has 0 aliphatic heterocycles. The summed E-state index contributed by atoms with van der Waals surface area (Å²) in [5.74, 6) is -1.91. The number of amides is 2. The number of carbonyl (C=O) groups excluding carboxylic acids is 2. The smallest absolute Gasteiger partial charge is 0.416 e. The summed E-state index contributed by atoms with van der Waals surface area (Å²) in [6, 6.07) is 10.1. The number of anilines is 2. The third-order valence-corrected chi connectivity index (χ3v) is 5.46. The maximum Gasteiger partial charge on any atom is 0.416 e. The second kappa shape index (κ2) is 10.4. The monoisotopic (exact) mass is 493 g/mol. The van der Waals surface area contributed by atoms with Gasteiger partial charge >= 0.3 is 12.1 Å². The minimum atomic E-state index is -4.53. The maximum atomic E-state index is 12.8. The van der Waals surface area contributed by atoms with Gasteiger partial charge in [-0.2, -0.15) is 13.2 Å². The summed E-state index contributed by atoms with van der Waals surface area (Å²) in [7, 11) is 1.59. The van der Waals surface area contributed by atoms with Crippen molar-refractivity contribution in [3.8, 4) is 0 Å². The highest BCUT2D eigenvalue weighted by Crippen LogP contribution is 2.30. The van der Waals surface area contributed by atoms with Gasteiger partial charge in [-0.25, -0.2) is 4.79 Å². The molecule has 178 valence electrons. The first kappa shape index (κ1) is 24.8. The summed E-state index contributed by atoms with van der Waals surface area (Å²) in [5.41, 5.74) is -0.516. The summed E-state index contributed by atoms with van der Waals surface area (Å²) in [6.45, 7) is 0. The van der Waals surface area contributed by atoms with Crippen LogP contribution in [0.5, 0.6) is 0 Å². The number of halogens is 3. The Labute approximate surface area is 195 Å². The quantitative estimate of drug-likeness (QED) is 0.411. The van der Waals surface area contributed by atoms with Crippen molar-refractivity contribution in [2.45, 2.75) is 17.8 Å². The number of carboxylic acids is 1. The van der Waals surface area contributed by atoms with Gasteiger partial charge in [-0.3, -0.25) is 9.59 Å². The van der Waals surface area contributed by atoms with E-state index in [0.717, 1.165) is 23.9 Å². The molecule has 0 bridgehead atoms. The zero-order valence-electron chi connectivity index (χ0n) is 17.6. The molecule has 13 heteroatoms. The fraction of sp³-hybridized carbons (Fsp3) is 0.190. The molecule has 9 nitrogen and oxygen atoms in total. The first-order valence-corrected chi connectivity index (χ1v) is 10.6. The van der Waals surface area contributed by atoms with Crippen LogP contribution in [0.25, 0.3) is 0 Å². The van der Waals surface area contributed by atoms with Crippen molar-refractivity contribution >= 4 is 40.9 Å². The highest BCUT2D eigenvalue weighted by Gasteiger charge is 2.30. The largest absolute Gasteiger partial charge is 0.478 e. The summed E-state index contributed by atoms with van der Waals surface area (Å²) in [5, 5.41) is 22.2. The van der Waals surface area contributed by atoms with E-state index < -0.39 is 29.5 Å². The Bertz CT molecular complexity index is 1230. The van der Waals surface area contributed by atoms with Crippen molar-refractivity contribution < 1.29 is 32.7 Å². The topological polar surface area (TPSA) is 126 Å². The molecule has 0 saturated heterocycles. The third kappa shape index (κ3) is 6.57. The van der Waals surface area contributed by atoms with Gasteiger partial charge in [0.25, 0.3) is 0 Å². The van der Waals surface area contributed by atoms with E-state index in [1.807, 2.05) is 0 Å². The summed E-state index contributed by atoms with van der Waals surface area (Å²) >= 11 is 1.05. The number of carbonyl (C=O) groups is 3. The van der Waals surface area contributed by atoms with Crippen LogP contribution in [0, 0.1) is 0 Å². The fourth-order valence-electron chi connectivity index (χ4n) is 2.80. The molecule has 3 aromatic rings. The van der Waals surface area contributed by atoms with E-state index in [1.165, 1.54) is 34.9 Å². The molecule has 2 aromatic carbocycles. The molecule has 1 heterocycles. The molecule has 0 aliphatic carbocycles. The lowest BCUT2D eigenvalue weighted by molar-refractivity contribution is -0.137. The lowest BCUT2D eigenvalue weighted by atomic mass is 10.2. The van der Waals surface area contributed by atoms with Gasteiger partial charge in [-0.05, 0) is 36.4 Å². The van der Waals surface area contributed by atoms with Gasteiger partial charge in [0.05, 0.1) is 23.3 Å². The van der Waals surface area contributed by atoms with E-state index in [-0.39, 0.29) is 29.2 Å². The Hall–Kier alpha value is -3.87. The van der Waals surface area contributed by atoms with Crippen LogP contribution in [0.2, 0.25) is 0 Å². The highest BCUT2D eigenvalue weighted by atomic mass is 32.2. The van der Waals surface area contributed by atoms with Crippen molar-refractivity contribution in [3.63, 3.8) is 0 Å². The molecular weight excluding hydrogens is 475 g/mol. The van der Waals surface area contributed by atoms with Crippen LogP contribution in [0.15, 0.2) is 53.7 Å². The van der Waals surface area contributed by atoms with E-state index in [1.54, 1.807) is 13.1 Å². The number of aromatic carboxylic acids is 1. The van der Waals surface area contributed by atoms with E-state index in [2.05, 4.69) is 20.8 Å². The van der Waals surface area contributed by atoms with E-state index in [9.17, 15) is 27.6 Å². The Morgan fingerprint density at radius 3 is 2.32 bits per heavy atom. The van der Waals surface area contributed by atoms with Crippen LogP contribution in [-0.4, -0.2) is 43.4 Å². The lowest BCUT2D eigenvalue weighted by Crippen LogP contribution is -2.18. The molecule has 2 amide bonds. The summed E-state index contributed by atoms with van der Waals surface area (Å²) in [6.07, 6.45) is -4.77. The number of thioether (sulfide) groups is 1. The summed E-state index contributed by atoms with van der Waals surface area (Å²) < 4.78 is 40.0. The van der Waals surface area contributed by atoms with Crippen molar-refractivity contribution in [1.29, 1.82) is 0 Å². The van der Waals surface area contributed by atoms with E-state index in [0.29, 0.717) is 10.8 Å². The normalized spacial score (nSPS) is 11.2. The van der Waals surface area contributed by atoms with Crippen molar-refractivity contribution in [2.75, 3.05) is 16.4 Å². The molecule has 0 spiro atoms. The van der Waals surface area contributed by atoms with Crippen LogP contribution >= 0.6 is 11.8 Å². The average Bonchev–Trinajstić information content (AvgIpc) is 3.11. The molecule has 0 atom stereocenters. The lowest BCUT2D eigenvalue weighted by Gasteiger charge is -2.10. The fourth-order valence-corrected chi connectivity index (χ4v) is 3.53. The first-order chi connectivity index (χ1) is 16.0. The predicted octanol–water partition coefficient (Wildman–Crippen LogP) is 3.44. The molecule has 34 heavy (non-hydrogen) atoms. The number of hydrogen-bond donors (Lipinski definition) is 3. The Kier molecular flexibility index (Phi) is 7.56. The van der Waals surface area contributed by atoms with Crippen LogP contribution < -0.4 is 10.6 Å². The highest BCUT2D eigenvalue weighted by molar-refractivity contribution is 7.99. The Morgan fingerprint density at radius 2 is 1.65 bits per heavy atom. The number of aromatic nitrogens is 3. The molecule has 0 fully saturated rings. The van der Waals surface area contributed by atoms with Crippen LogP contribution in [0.4, 0.5) is 24.5 Å². The van der Waals surface area contributed by atoms with Gasteiger partial charge in [0, 0.05) is 18.4 Å². The van der Waals surface area contributed by atoms with Gasteiger partial charge in [-0.15, -0.1) is 10.2 Å². The number of nitrogens with one attached hydrogen (secondary N) is 2. The SMILES string of the molecule is Cn1c(CC(=O)Nc2cccc(C(F)(F)F)c2)nnc1SCC(=O)Nc1cccc(C(=O)O)c1. The molecular formula is C21H18F3N5O4S. The Balaban J connectivity index is 1.55. The van der Waals surface area contributed by atoms with Crippen molar-refractivity contribution in [1.82, 2.24) is 14.8 Å². The van der Waals surface area contributed by atoms with Gasteiger partial charge in [0.2, 0.25) is 11.8 Å². The molecule has 3 rings (SSSR count). The second-order valence-electron chi connectivity index (χ2n) is 6.98. The van der Waals surface area contributed by atoms with E-state index >= 15 is 0 Å². The molecule has 0 aliphatic rings. The first-order valence-electron chi connectivity index (χ1n) is 9.64. The zero-order valence-corrected chi connectivity index (χ0v) is 18.4. The second-order valence-corrected chi connectivity index (χ2v) is 7.93. The zero-order chi connectivity index (χ0) is 24.9. The van der Waals surface area contributed by atoms with Crippen molar-refractivity contribution in [2.24, 2.45) is 7.05 Å². The Morgan fingerprint density at radius 1 is 1.00 bits per heavy atom. The van der Waals surface area contributed by atoms with Gasteiger partial charge in [0.15, 0.2) is 5.16 Å². The number of alkyl halides is 3. The van der Waals surface area contributed by atoms with Crippen LogP contribution in [0.1, 0.15) is 21.7 Å².